The van der Waals surface area contributed by atoms with Gasteiger partial charge in [0.05, 0.1) is 17.5 Å². The smallest absolute Gasteiger partial charge is 0.256 e. The second kappa shape index (κ2) is 10.1. The molecular formula is C22H28FN5O. The van der Waals surface area contributed by atoms with Crippen LogP contribution in [0.5, 0.6) is 0 Å². The molecule has 1 unspecified atom stereocenters. The zero-order valence-corrected chi connectivity index (χ0v) is 17.0. The molecule has 0 saturated heterocycles. The molecule has 0 radical (unpaired) electrons. The van der Waals surface area contributed by atoms with Gasteiger partial charge in [-0.2, -0.15) is 10.2 Å². The molecule has 1 atom stereocenters. The van der Waals surface area contributed by atoms with Crippen molar-refractivity contribution in [2.45, 2.75) is 45.3 Å². The summed E-state index contributed by atoms with van der Waals surface area (Å²) in [6.07, 6.45) is 12.3. The molecule has 0 saturated carbocycles. The molecule has 1 amide bonds. The van der Waals surface area contributed by atoms with Crippen LogP contribution in [0.25, 0.3) is 0 Å². The van der Waals surface area contributed by atoms with Crippen molar-refractivity contribution in [3.63, 3.8) is 0 Å². The summed E-state index contributed by atoms with van der Waals surface area (Å²) >= 11 is 0. The number of nitrogens with one attached hydrogen (secondary N) is 2. The molecule has 0 bridgehead atoms. The number of rotatable bonds is 7. The summed E-state index contributed by atoms with van der Waals surface area (Å²) in [5.74, 6) is -0.930. The van der Waals surface area contributed by atoms with Gasteiger partial charge in [-0.15, -0.1) is 0 Å². The molecule has 154 valence electrons. The summed E-state index contributed by atoms with van der Waals surface area (Å²) in [6.45, 7) is 3.75. The van der Waals surface area contributed by atoms with E-state index in [1.807, 2.05) is 19.2 Å². The van der Waals surface area contributed by atoms with Crippen LogP contribution in [0.3, 0.4) is 0 Å². The Labute approximate surface area is 171 Å². The molecule has 2 aliphatic heterocycles. The second-order valence-corrected chi connectivity index (χ2v) is 7.38. The van der Waals surface area contributed by atoms with E-state index in [0.717, 1.165) is 55.6 Å². The molecule has 2 heterocycles. The van der Waals surface area contributed by atoms with Crippen LogP contribution < -0.4 is 10.6 Å². The standard InChI is InChI=1S/C22H28FN5O/c1-3-4-5-10-24-25-14-18-7-6-8-21(26-18)27-22(29)19-12-17-15-28(2)11-9-16(17)13-20(19)23/h6-8,10,12-14,21,26H,3-5,9,11,15H2,1-2H3,(H,27,29)/b24-10+,25-14+. The Morgan fingerprint density at radius 2 is 2.24 bits per heavy atom. The topological polar surface area (TPSA) is 69.1 Å². The fourth-order valence-corrected chi connectivity index (χ4v) is 3.32. The molecule has 7 heteroatoms. The normalized spacial score (nSPS) is 19.3. The Morgan fingerprint density at radius 3 is 3.07 bits per heavy atom. The van der Waals surface area contributed by atoms with Gasteiger partial charge < -0.3 is 15.5 Å². The third kappa shape index (κ3) is 5.84. The summed E-state index contributed by atoms with van der Waals surface area (Å²) in [5, 5.41) is 13.9. The first-order valence-corrected chi connectivity index (χ1v) is 10.1. The average Bonchev–Trinajstić information content (AvgIpc) is 2.70. The quantitative estimate of drug-likeness (QED) is 0.422. The number of dihydropyridines is 1. The maximum atomic E-state index is 14.5. The lowest BCUT2D eigenvalue weighted by molar-refractivity contribution is 0.0936. The maximum Gasteiger partial charge on any atom is 0.256 e. The van der Waals surface area contributed by atoms with Crippen LogP contribution in [-0.4, -0.2) is 43.0 Å². The largest absolute Gasteiger partial charge is 0.361 e. The first kappa shape index (κ1) is 20.9. The Kier molecular flexibility index (Phi) is 7.30. The zero-order valence-electron chi connectivity index (χ0n) is 17.0. The third-order valence-electron chi connectivity index (χ3n) is 4.96. The van der Waals surface area contributed by atoms with E-state index in [9.17, 15) is 9.18 Å². The van der Waals surface area contributed by atoms with Gasteiger partial charge >= 0.3 is 0 Å². The lowest BCUT2D eigenvalue weighted by Crippen LogP contribution is -2.45. The number of carbonyl (C=O) groups is 1. The van der Waals surface area contributed by atoms with Gasteiger partial charge in [-0.25, -0.2) is 4.39 Å². The lowest BCUT2D eigenvalue weighted by Gasteiger charge is -2.26. The van der Waals surface area contributed by atoms with Gasteiger partial charge in [-0.3, -0.25) is 4.79 Å². The van der Waals surface area contributed by atoms with Crippen molar-refractivity contribution in [3.8, 4) is 0 Å². The van der Waals surface area contributed by atoms with Crippen molar-refractivity contribution in [2.24, 2.45) is 10.2 Å². The van der Waals surface area contributed by atoms with E-state index >= 15 is 0 Å². The Morgan fingerprint density at radius 1 is 1.38 bits per heavy atom. The van der Waals surface area contributed by atoms with Crippen LogP contribution >= 0.6 is 0 Å². The monoisotopic (exact) mass is 397 g/mol. The van der Waals surface area contributed by atoms with E-state index in [4.69, 9.17) is 0 Å². The molecule has 3 rings (SSSR count). The molecular weight excluding hydrogens is 369 g/mol. The summed E-state index contributed by atoms with van der Waals surface area (Å²) in [5.41, 5.74) is 2.78. The number of carbonyl (C=O) groups excluding carboxylic acids is 1. The van der Waals surface area contributed by atoms with E-state index in [-0.39, 0.29) is 5.56 Å². The highest BCUT2D eigenvalue weighted by Crippen LogP contribution is 2.22. The number of halogens is 1. The molecule has 2 aliphatic rings. The highest BCUT2D eigenvalue weighted by molar-refractivity contribution is 5.95. The predicted molar refractivity (Wildman–Crippen MR) is 115 cm³/mol. The summed E-state index contributed by atoms with van der Waals surface area (Å²) in [7, 11) is 2.02. The number of fused-ring (bicyclic) bond motifs is 1. The highest BCUT2D eigenvalue weighted by atomic mass is 19.1. The number of likely N-dealkylation sites (N-methyl/N-ethyl adjacent to an activating group) is 1. The van der Waals surface area contributed by atoms with E-state index in [1.165, 1.54) is 6.07 Å². The number of amides is 1. The Hall–Kier alpha value is -2.80. The second-order valence-electron chi connectivity index (χ2n) is 7.38. The molecule has 0 fully saturated rings. The molecule has 1 aromatic rings. The minimum Gasteiger partial charge on any atom is -0.361 e. The van der Waals surface area contributed by atoms with Crippen molar-refractivity contribution in [1.29, 1.82) is 0 Å². The van der Waals surface area contributed by atoms with Crippen molar-refractivity contribution in [1.82, 2.24) is 15.5 Å². The number of benzene rings is 1. The van der Waals surface area contributed by atoms with Crippen molar-refractivity contribution in [3.05, 3.63) is 58.6 Å². The minimum atomic E-state index is -0.482. The summed E-state index contributed by atoms with van der Waals surface area (Å²) < 4.78 is 14.5. The fourth-order valence-electron chi connectivity index (χ4n) is 3.32. The van der Waals surface area contributed by atoms with Gasteiger partial charge in [0.2, 0.25) is 0 Å². The van der Waals surface area contributed by atoms with Gasteiger partial charge in [-0.1, -0.05) is 19.4 Å². The van der Waals surface area contributed by atoms with Gasteiger partial charge in [-0.05, 0) is 61.7 Å². The molecule has 0 aromatic heterocycles. The van der Waals surface area contributed by atoms with E-state index < -0.39 is 17.9 Å². The van der Waals surface area contributed by atoms with Crippen molar-refractivity contribution < 1.29 is 9.18 Å². The van der Waals surface area contributed by atoms with Gasteiger partial charge in [0.1, 0.15) is 12.0 Å². The van der Waals surface area contributed by atoms with Gasteiger partial charge in [0.25, 0.3) is 5.91 Å². The number of allylic oxidation sites excluding steroid dienone is 3. The van der Waals surface area contributed by atoms with Crippen LogP contribution in [0, 0.1) is 5.82 Å². The number of unbranched alkanes of at least 4 members (excludes halogenated alkanes) is 2. The summed E-state index contributed by atoms with van der Waals surface area (Å²) in [6, 6.07) is 3.17. The first-order valence-electron chi connectivity index (χ1n) is 10.1. The van der Waals surface area contributed by atoms with Crippen LogP contribution in [0.1, 0.15) is 47.7 Å². The molecule has 0 spiro atoms. The third-order valence-corrected chi connectivity index (χ3v) is 4.96. The van der Waals surface area contributed by atoms with E-state index in [0.29, 0.717) is 0 Å². The fraction of sp³-hybridized carbons (Fsp3) is 0.409. The predicted octanol–water partition coefficient (Wildman–Crippen LogP) is 3.16. The van der Waals surface area contributed by atoms with Crippen LogP contribution in [0.4, 0.5) is 4.39 Å². The van der Waals surface area contributed by atoms with Gasteiger partial charge in [0.15, 0.2) is 0 Å². The Bertz CT molecular complexity index is 859. The van der Waals surface area contributed by atoms with Crippen LogP contribution in [-0.2, 0) is 13.0 Å². The summed E-state index contributed by atoms with van der Waals surface area (Å²) in [4.78, 5) is 14.8. The van der Waals surface area contributed by atoms with Crippen LogP contribution in [0.2, 0.25) is 0 Å². The first-order chi connectivity index (χ1) is 14.1. The van der Waals surface area contributed by atoms with Crippen molar-refractivity contribution >= 4 is 18.3 Å². The Balaban J connectivity index is 1.59. The van der Waals surface area contributed by atoms with E-state index in [2.05, 4.69) is 32.7 Å². The van der Waals surface area contributed by atoms with Gasteiger partial charge in [0, 0.05) is 19.3 Å². The van der Waals surface area contributed by atoms with E-state index in [1.54, 1.807) is 24.6 Å². The van der Waals surface area contributed by atoms with Crippen molar-refractivity contribution in [2.75, 3.05) is 13.6 Å². The number of hydrogen-bond donors (Lipinski definition) is 2. The molecule has 6 nitrogen and oxygen atoms in total. The highest BCUT2D eigenvalue weighted by Gasteiger charge is 2.21. The average molecular weight is 397 g/mol. The number of nitrogens with zero attached hydrogens (tertiary/aromatic N) is 3. The van der Waals surface area contributed by atoms with Crippen LogP contribution in [0.15, 0.2) is 46.3 Å². The molecule has 2 N–H and O–H groups in total. The molecule has 0 aliphatic carbocycles. The minimum absolute atomic E-state index is 0.0690. The molecule has 29 heavy (non-hydrogen) atoms. The zero-order chi connectivity index (χ0) is 20.6. The maximum absolute atomic E-state index is 14.5. The number of hydrogen-bond acceptors (Lipinski definition) is 5. The molecule has 1 aromatic carbocycles. The lowest BCUT2D eigenvalue weighted by atomic mass is 9.97. The SMILES string of the molecule is CCCC/C=N/N=C/C1=CC=CC(NC(=O)c2cc3c(cc2F)CCN(C)C3)N1.